The second kappa shape index (κ2) is 6.18. The molecule has 8 heteroatoms. The van der Waals surface area contributed by atoms with E-state index in [1.165, 1.54) is 17.8 Å². The van der Waals surface area contributed by atoms with Crippen molar-refractivity contribution < 1.29 is 23.4 Å². The standard InChI is InChI=1S/C11H18N2O5S/c1-3-8(14)4-5-12-19(17,18)9-6-10(11(15)16)13(2)7-9/h6-8,12,14H,3-5H2,1-2H3,(H,15,16). The van der Waals surface area contributed by atoms with E-state index in [1.54, 1.807) is 6.92 Å². The summed E-state index contributed by atoms with van der Waals surface area (Å²) in [5, 5.41) is 18.2. The Bertz CT molecular complexity index is 549. The molecule has 0 radical (unpaired) electrons. The minimum Gasteiger partial charge on any atom is -0.477 e. The molecule has 0 saturated heterocycles. The molecular weight excluding hydrogens is 272 g/mol. The van der Waals surface area contributed by atoms with Gasteiger partial charge in [0.1, 0.15) is 10.6 Å². The zero-order valence-electron chi connectivity index (χ0n) is 10.8. The highest BCUT2D eigenvalue weighted by molar-refractivity contribution is 7.89. The van der Waals surface area contributed by atoms with Crippen LogP contribution < -0.4 is 4.72 Å². The summed E-state index contributed by atoms with van der Waals surface area (Å²) in [5.74, 6) is -1.19. The van der Waals surface area contributed by atoms with Crippen LogP contribution in [0.5, 0.6) is 0 Å². The molecule has 1 atom stereocenters. The van der Waals surface area contributed by atoms with E-state index in [0.29, 0.717) is 12.8 Å². The molecule has 1 aromatic rings. The van der Waals surface area contributed by atoms with Gasteiger partial charge in [-0.2, -0.15) is 0 Å². The summed E-state index contributed by atoms with van der Waals surface area (Å²) in [5.41, 5.74) is -0.103. The van der Waals surface area contributed by atoms with Crippen LogP contribution >= 0.6 is 0 Å². The van der Waals surface area contributed by atoms with Crippen LogP contribution in [0.25, 0.3) is 0 Å². The number of rotatable bonds is 7. The summed E-state index contributed by atoms with van der Waals surface area (Å²) < 4.78 is 27.3. The average Bonchev–Trinajstić information content (AvgIpc) is 2.71. The van der Waals surface area contributed by atoms with Crippen LogP contribution in [-0.4, -0.2) is 41.8 Å². The maximum Gasteiger partial charge on any atom is 0.352 e. The fourth-order valence-electron chi connectivity index (χ4n) is 1.54. The second-order valence-electron chi connectivity index (χ2n) is 4.23. The first kappa shape index (κ1) is 15.7. The van der Waals surface area contributed by atoms with E-state index in [9.17, 15) is 18.3 Å². The monoisotopic (exact) mass is 290 g/mol. The molecule has 0 aliphatic carbocycles. The quantitative estimate of drug-likeness (QED) is 0.663. The highest BCUT2D eigenvalue weighted by Gasteiger charge is 2.19. The van der Waals surface area contributed by atoms with E-state index < -0.39 is 22.1 Å². The number of carbonyl (C=O) groups is 1. The third-order valence-corrected chi connectivity index (χ3v) is 4.18. The Morgan fingerprint density at radius 3 is 2.63 bits per heavy atom. The number of hydrogen-bond donors (Lipinski definition) is 3. The first-order valence-corrected chi connectivity index (χ1v) is 7.33. The molecule has 0 amide bonds. The van der Waals surface area contributed by atoms with Gasteiger partial charge in [0.15, 0.2) is 0 Å². The van der Waals surface area contributed by atoms with E-state index in [0.717, 1.165) is 6.07 Å². The number of sulfonamides is 1. The Labute approximate surface area is 111 Å². The van der Waals surface area contributed by atoms with Crippen molar-refractivity contribution >= 4 is 16.0 Å². The van der Waals surface area contributed by atoms with Gasteiger partial charge in [0, 0.05) is 19.8 Å². The first-order valence-electron chi connectivity index (χ1n) is 5.85. The molecule has 1 aromatic heterocycles. The zero-order chi connectivity index (χ0) is 14.6. The van der Waals surface area contributed by atoms with Gasteiger partial charge in [0.2, 0.25) is 10.0 Å². The fourth-order valence-corrected chi connectivity index (χ4v) is 2.66. The van der Waals surface area contributed by atoms with Crippen LogP contribution in [-0.2, 0) is 17.1 Å². The van der Waals surface area contributed by atoms with Crippen LogP contribution in [0.15, 0.2) is 17.2 Å². The van der Waals surface area contributed by atoms with E-state index in [2.05, 4.69) is 4.72 Å². The molecular formula is C11H18N2O5S. The third-order valence-electron chi connectivity index (χ3n) is 2.75. The number of aliphatic hydroxyl groups is 1. The Hall–Kier alpha value is -1.38. The molecule has 1 heterocycles. The Morgan fingerprint density at radius 1 is 1.53 bits per heavy atom. The minimum absolute atomic E-state index is 0.0987. The minimum atomic E-state index is -3.74. The number of aryl methyl sites for hydroxylation is 1. The van der Waals surface area contributed by atoms with Crippen LogP contribution in [0.2, 0.25) is 0 Å². The molecule has 0 fully saturated rings. The molecule has 0 aromatic carbocycles. The van der Waals surface area contributed by atoms with Crippen LogP contribution in [0, 0.1) is 0 Å². The van der Waals surface area contributed by atoms with Gasteiger partial charge in [0.25, 0.3) is 0 Å². The number of hydrogen-bond acceptors (Lipinski definition) is 4. The summed E-state index contributed by atoms with van der Waals surface area (Å²) in [6.07, 6.45) is 1.56. The van der Waals surface area contributed by atoms with Gasteiger partial charge in [-0.1, -0.05) is 6.92 Å². The van der Waals surface area contributed by atoms with E-state index >= 15 is 0 Å². The lowest BCUT2D eigenvalue weighted by Crippen LogP contribution is -2.27. The number of nitrogens with one attached hydrogen (secondary N) is 1. The summed E-state index contributed by atoms with van der Waals surface area (Å²) >= 11 is 0. The number of carboxylic acid groups (broad SMARTS) is 1. The number of aromatic carboxylic acids is 1. The Balaban J connectivity index is 2.78. The van der Waals surface area contributed by atoms with Crippen molar-refractivity contribution in [3.8, 4) is 0 Å². The van der Waals surface area contributed by atoms with Gasteiger partial charge in [-0.15, -0.1) is 0 Å². The van der Waals surface area contributed by atoms with Crippen molar-refractivity contribution in [3.05, 3.63) is 18.0 Å². The predicted octanol–water partition coefficient (Wildman–Crippen LogP) is 0.163. The molecule has 7 nitrogen and oxygen atoms in total. The molecule has 3 N–H and O–H groups in total. The number of carboxylic acids is 1. The molecule has 0 saturated carbocycles. The lowest BCUT2D eigenvalue weighted by molar-refractivity contribution is 0.0686. The highest BCUT2D eigenvalue weighted by Crippen LogP contribution is 2.13. The fraction of sp³-hybridized carbons (Fsp3) is 0.545. The van der Waals surface area contributed by atoms with Gasteiger partial charge in [-0.3, -0.25) is 0 Å². The SMILES string of the molecule is CCC(O)CCNS(=O)(=O)c1cc(C(=O)O)n(C)c1. The number of aliphatic hydroxyl groups excluding tert-OH is 1. The second-order valence-corrected chi connectivity index (χ2v) is 5.99. The normalized spacial score (nSPS) is 13.4. The molecule has 108 valence electrons. The van der Waals surface area contributed by atoms with Gasteiger partial charge in [-0.05, 0) is 18.9 Å². The number of nitrogens with zero attached hydrogens (tertiary/aromatic N) is 1. The molecule has 19 heavy (non-hydrogen) atoms. The van der Waals surface area contributed by atoms with Crippen molar-refractivity contribution in [1.29, 1.82) is 0 Å². The van der Waals surface area contributed by atoms with E-state index in [1.807, 2.05) is 0 Å². The molecule has 1 rings (SSSR count). The Kier molecular flexibility index (Phi) is 5.10. The molecule has 0 bridgehead atoms. The van der Waals surface area contributed by atoms with E-state index in [-0.39, 0.29) is 17.1 Å². The van der Waals surface area contributed by atoms with Crippen molar-refractivity contribution in [2.24, 2.45) is 7.05 Å². The smallest absolute Gasteiger partial charge is 0.352 e. The van der Waals surface area contributed by atoms with Crippen LogP contribution in [0.3, 0.4) is 0 Å². The molecule has 0 spiro atoms. The molecule has 1 unspecified atom stereocenters. The van der Waals surface area contributed by atoms with Gasteiger partial charge in [-0.25, -0.2) is 17.9 Å². The topological polar surface area (TPSA) is 109 Å². The zero-order valence-corrected chi connectivity index (χ0v) is 11.6. The maximum absolute atomic E-state index is 11.9. The lowest BCUT2D eigenvalue weighted by Gasteiger charge is -2.08. The number of aromatic nitrogens is 1. The predicted molar refractivity (Wildman–Crippen MR) is 68.5 cm³/mol. The van der Waals surface area contributed by atoms with Crippen LogP contribution in [0.1, 0.15) is 30.3 Å². The summed E-state index contributed by atoms with van der Waals surface area (Å²) in [6, 6.07) is 1.10. The molecule has 0 aliphatic heterocycles. The average molecular weight is 290 g/mol. The largest absolute Gasteiger partial charge is 0.477 e. The Morgan fingerprint density at radius 2 is 2.16 bits per heavy atom. The first-order chi connectivity index (χ1) is 8.77. The van der Waals surface area contributed by atoms with Gasteiger partial charge < -0.3 is 14.8 Å². The van der Waals surface area contributed by atoms with Gasteiger partial charge in [0.05, 0.1) is 6.10 Å². The lowest BCUT2D eigenvalue weighted by atomic mass is 10.2. The summed E-state index contributed by atoms with van der Waals surface area (Å²) in [4.78, 5) is 10.7. The highest BCUT2D eigenvalue weighted by atomic mass is 32.2. The maximum atomic E-state index is 11.9. The summed E-state index contributed by atoms with van der Waals surface area (Å²) in [6.45, 7) is 1.91. The van der Waals surface area contributed by atoms with Crippen molar-refractivity contribution in [1.82, 2.24) is 9.29 Å². The van der Waals surface area contributed by atoms with Crippen LogP contribution in [0.4, 0.5) is 0 Å². The van der Waals surface area contributed by atoms with Gasteiger partial charge >= 0.3 is 5.97 Å². The third kappa shape index (κ3) is 4.05. The van der Waals surface area contributed by atoms with E-state index in [4.69, 9.17) is 5.11 Å². The molecule has 0 aliphatic rings. The van der Waals surface area contributed by atoms with Crippen molar-refractivity contribution in [3.63, 3.8) is 0 Å². The van der Waals surface area contributed by atoms with Crippen molar-refractivity contribution in [2.75, 3.05) is 6.54 Å². The van der Waals surface area contributed by atoms with Crippen molar-refractivity contribution in [2.45, 2.75) is 30.8 Å². The summed E-state index contributed by atoms with van der Waals surface area (Å²) in [7, 11) is -2.28.